The van der Waals surface area contributed by atoms with Crippen LogP contribution in [-0.2, 0) is 6.18 Å². The van der Waals surface area contributed by atoms with Crippen molar-refractivity contribution in [2.45, 2.75) is 6.18 Å². The van der Waals surface area contributed by atoms with Gasteiger partial charge in [-0.25, -0.2) is 8.78 Å². The molecule has 1 aromatic heterocycles. The first-order valence-electron chi connectivity index (χ1n) is 6.73. The highest BCUT2D eigenvalue weighted by molar-refractivity contribution is 7.21. The van der Waals surface area contributed by atoms with Gasteiger partial charge in [0.05, 0.1) is 16.3 Å². The molecule has 0 aliphatic carbocycles. The van der Waals surface area contributed by atoms with Crippen molar-refractivity contribution in [2.75, 3.05) is 5.32 Å². The lowest BCUT2D eigenvalue weighted by Gasteiger charge is -2.10. The Morgan fingerprint density at radius 2 is 1.80 bits per heavy atom. The van der Waals surface area contributed by atoms with Crippen LogP contribution < -0.4 is 5.32 Å². The van der Waals surface area contributed by atoms with Crippen LogP contribution in [0.5, 0.6) is 0 Å². The molecule has 1 amide bonds. The van der Waals surface area contributed by atoms with E-state index >= 15 is 0 Å². The number of fused-ring (bicyclic) bond motifs is 1. The Balaban J connectivity index is 1.99. The van der Waals surface area contributed by atoms with Crippen molar-refractivity contribution in [2.24, 2.45) is 0 Å². The number of rotatable bonds is 2. The predicted octanol–water partition coefficient (Wildman–Crippen LogP) is 6.10. The van der Waals surface area contributed by atoms with Crippen LogP contribution in [0.3, 0.4) is 0 Å². The zero-order chi connectivity index (χ0) is 18.4. The number of halogens is 6. The summed E-state index contributed by atoms with van der Waals surface area (Å²) in [7, 11) is 0. The molecule has 1 N–H and O–H groups in total. The Bertz CT molecular complexity index is 983. The summed E-state index contributed by atoms with van der Waals surface area (Å²) >= 11 is 6.86. The van der Waals surface area contributed by atoms with Crippen LogP contribution in [0.4, 0.5) is 27.6 Å². The summed E-state index contributed by atoms with van der Waals surface area (Å²) in [5.41, 5.74) is -1.76. The van der Waals surface area contributed by atoms with E-state index in [9.17, 15) is 26.7 Å². The molecule has 25 heavy (non-hydrogen) atoms. The van der Waals surface area contributed by atoms with Crippen LogP contribution in [0.1, 0.15) is 15.2 Å². The number of hydrogen-bond donors (Lipinski definition) is 1. The van der Waals surface area contributed by atoms with E-state index in [0.29, 0.717) is 22.9 Å². The van der Waals surface area contributed by atoms with Crippen LogP contribution in [0.15, 0.2) is 36.4 Å². The van der Waals surface area contributed by atoms with Gasteiger partial charge in [-0.3, -0.25) is 4.79 Å². The van der Waals surface area contributed by atoms with Crippen LogP contribution in [0, 0.1) is 11.6 Å². The highest BCUT2D eigenvalue weighted by Crippen LogP contribution is 2.38. The molecule has 0 aliphatic heterocycles. The second-order valence-corrected chi connectivity index (χ2v) is 6.43. The summed E-state index contributed by atoms with van der Waals surface area (Å²) in [6, 6.07) is 5.77. The standard InChI is InChI=1S/C16H7ClF5NOS/c17-13-12-9(19)2-1-3-11(12)25-14(13)15(24)23-10-6-7(16(20,21)22)4-5-8(10)18/h1-6H,(H,23,24). The average molecular weight is 392 g/mol. The molecule has 2 nitrogen and oxygen atoms in total. The lowest BCUT2D eigenvalue weighted by atomic mass is 10.2. The zero-order valence-corrected chi connectivity index (χ0v) is 13.6. The van der Waals surface area contributed by atoms with E-state index in [0.717, 1.165) is 17.4 Å². The predicted molar refractivity (Wildman–Crippen MR) is 86.1 cm³/mol. The van der Waals surface area contributed by atoms with Crippen LogP contribution in [0.25, 0.3) is 10.1 Å². The normalized spacial score (nSPS) is 11.8. The van der Waals surface area contributed by atoms with Gasteiger partial charge in [0, 0.05) is 10.1 Å². The van der Waals surface area contributed by atoms with Gasteiger partial charge in [0.15, 0.2) is 0 Å². The van der Waals surface area contributed by atoms with Crippen molar-refractivity contribution in [3.8, 4) is 0 Å². The fourth-order valence-corrected chi connectivity index (χ4v) is 3.65. The molecule has 9 heteroatoms. The first-order valence-corrected chi connectivity index (χ1v) is 7.92. The van der Waals surface area contributed by atoms with Gasteiger partial charge in [-0.05, 0) is 30.3 Å². The summed E-state index contributed by atoms with van der Waals surface area (Å²) in [5.74, 6) is -2.60. The zero-order valence-electron chi connectivity index (χ0n) is 12.0. The molecule has 0 bridgehead atoms. The minimum absolute atomic E-state index is 0.0313. The highest BCUT2D eigenvalue weighted by atomic mass is 35.5. The second-order valence-electron chi connectivity index (χ2n) is 5.00. The number of hydrogen-bond acceptors (Lipinski definition) is 2. The largest absolute Gasteiger partial charge is 0.416 e. The molecule has 0 saturated heterocycles. The highest BCUT2D eigenvalue weighted by Gasteiger charge is 2.31. The molecule has 1 heterocycles. The van der Waals surface area contributed by atoms with Crippen LogP contribution in [-0.4, -0.2) is 5.91 Å². The molecular weight excluding hydrogens is 385 g/mol. The number of anilines is 1. The Morgan fingerprint density at radius 3 is 2.44 bits per heavy atom. The molecule has 0 atom stereocenters. The van der Waals surface area contributed by atoms with Crippen LogP contribution in [0.2, 0.25) is 5.02 Å². The first kappa shape index (κ1) is 17.6. The quantitative estimate of drug-likeness (QED) is 0.525. The molecule has 0 aliphatic rings. The van der Waals surface area contributed by atoms with Crippen molar-refractivity contribution in [3.05, 3.63) is 63.5 Å². The number of thiophene rings is 1. The second kappa shape index (κ2) is 6.27. The van der Waals surface area contributed by atoms with Gasteiger partial charge in [-0.1, -0.05) is 17.7 Å². The third-order valence-corrected chi connectivity index (χ3v) is 5.00. The number of nitrogens with one attached hydrogen (secondary N) is 1. The van der Waals surface area contributed by atoms with E-state index < -0.39 is 35.0 Å². The number of alkyl halides is 3. The summed E-state index contributed by atoms with van der Waals surface area (Å²) in [6.45, 7) is 0. The van der Waals surface area contributed by atoms with Crippen molar-refractivity contribution >= 4 is 44.6 Å². The summed E-state index contributed by atoms with van der Waals surface area (Å²) in [6.07, 6.45) is -4.69. The lowest BCUT2D eigenvalue weighted by Crippen LogP contribution is -2.13. The van der Waals surface area contributed by atoms with E-state index in [1.165, 1.54) is 12.1 Å². The molecule has 0 radical (unpaired) electrons. The summed E-state index contributed by atoms with van der Waals surface area (Å²) in [4.78, 5) is 12.1. The van der Waals surface area contributed by atoms with Gasteiger partial charge in [-0.15, -0.1) is 11.3 Å². The molecule has 0 fully saturated rings. The molecule has 2 aromatic carbocycles. The number of carbonyl (C=O) groups excluding carboxylic acids is 1. The summed E-state index contributed by atoms with van der Waals surface area (Å²) in [5, 5.41) is 1.90. The Morgan fingerprint density at radius 1 is 1.08 bits per heavy atom. The number of carbonyl (C=O) groups is 1. The number of benzene rings is 2. The Labute approximate surface area is 146 Å². The van der Waals surface area contributed by atoms with Gasteiger partial charge >= 0.3 is 6.18 Å². The van der Waals surface area contributed by atoms with Gasteiger partial charge < -0.3 is 5.32 Å². The Hall–Kier alpha value is -2.19. The van der Waals surface area contributed by atoms with Crippen molar-refractivity contribution in [1.29, 1.82) is 0 Å². The lowest BCUT2D eigenvalue weighted by molar-refractivity contribution is -0.137. The smallest absolute Gasteiger partial charge is 0.319 e. The number of amides is 1. The topological polar surface area (TPSA) is 29.1 Å². The van der Waals surface area contributed by atoms with Gasteiger partial charge in [0.25, 0.3) is 5.91 Å². The maximum absolute atomic E-state index is 13.8. The van der Waals surface area contributed by atoms with Gasteiger partial charge in [0.2, 0.25) is 0 Å². The first-order chi connectivity index (χ1) is 11.7. The van der Waals surface area contributed by atoms with E-state index in [1.54, 1.807) is 0 Å². The minimum Gasteiger partial charge on any atom is -0.319 e. The minimum atomic E-state index is -4.69. The molecule has 130 valence electrons. The maximum atomic E-state index is 13.8. The molecular formula is C16H7ClF5NOS. The SMILES string of the molecule is O=C(Nc1cc(C(F)(F)F)ccc1F)c1sc2cccc(F)c2c1Cl. The van der Waals surface area contributed by atoms with Crippen molar-refractivity contribution in [1.82, 2.24) is 0 Å². The van der Waals surface area contributed by atoms with Crippen molar-refractivity contribution in [3.63, 3.8) is 0 Å². The monoisotopic (exact) mass is 391 g/mol. The third kappa shape index (κ3) is 3.32. The van der Waals surface area contributed by atoms with E-state index in [4.69, 9.17) is 11.6 Å². The van der Waals surface area contributed by atoms with E-state index in [-0.39, 0.29) is 15.3 Å². The molecule has 0 saturated carbocycles. The molecule has 3 aromatic rings. The van der Waals surface area contributed by atoms with Crippen molar-refractivity contribution < 1.29 is 26.7 Å². The average Bonchev–Trinajstić information content (AvgIpc) is 2.87. The van der Waals surface area contributed by atoms with Gasteiger partial charge in [0.1, 0.15) is 16.5 Å². The molecule has 0 unspecified atom stereocenters. The van der Waals surface area contributed by atoms with Gasteiger partial charge in [-0.2, -0.15) is 13.2 Å². The fourth-order valence-electron chi connectivity index (χ4n) is 2.19. The molecule has 0 spiro atoms. The maximum Gasteiger partial charge on any atom is 0.416 e. The summed E-state index contributed by atoms with van der Waals surface area (Å²) < 4.78 is 66.1. The Kier molecular flexibility index (Phi) is 4.42. The molecule has 3 rings (SSSR count). The van der Waals surface area contributed by atoms with Crippen LogP contribution >= 0.6 is 22.9 Å². The fraction of sp³-hybridized carbons (Fsp3) is 0.0625. The van der Waals surface area contributed by atoms with E-state index in [1.807, 2.05) is 5.32 Å². The van der Waals surface area contributed by atoms with E-state index in [2.05, 4.69) is 0 Å². The third-order valence-electron chi connectivity index (χ3n) is 3.35.